The number of fused-ring (bicyclic) bond motifs is 4. The number of aromatic amines is 1. The Balaban J connectivity index is 1.22. The number of phosphoric ester groups is 1. The molecule has 27 heteroatoms. The van der Waals surface area contributed by atoms with Crippen LogP contribution in [0, 0.1) is 11.3 Å². The lowest BCUT2D eigenvalue weighted by Gasteiger charge is -2.41. The number of carbonyl (C=O) groups excluding carboxylic acids is 1. The van der Waals surface area contributed by atoms with Crippen LogP contribution in [0.4, 0.5) is 5.82 Å². The van der Waals surface area contributed by atoms with E-state index in [4.69, 9.17) is 36.4 Å². The maximum atomic E-state index is 16.0. The fraction of sp³-hybridized carbons (Fsp3) is 0.571. The van der Waals surface area contributed by atoms with Crippen LogP contribution in [-0.4, -0.2) is 122 Å². The number of amides is 1. The summed E-state index contributed by atoms with van der Waals surface area (Å²) in [6.45, 7) is 18.4. The Morgan fingerprint density at radius 1 is 0.870 bits per heavy atom. The Hall–Kier alpha value is -4.39. The van der Waals surface area contributed by atoms with Gasteiger partial charge in [0.2, 0.25) is 0 Å². The minimum absolute atomic E-state index is 0.00506. The van der Waals surface area contributed by atoms with Gasteiger partial charge in [0, 0.05) is 5.56 Å². The molecule has 7 heterocycles. The maximum Gasteiger partial charge on any atom is 0.472 e. The Bertz CT molecular complexity index is 2900. The molecule has 23 nitrogen and oxygen atoms in total. The van der Waals surface area contributed by atoms with Gasteiger partial charge in [-0.25, -0.2) is 29.5 Å². The first kappa shape index (κ1) is 51.0. The molecule has 6 unspecified atom stereocenters. The van der Waals surface area contributed by atoms with Gasteiger partial charge in [0.05, 0.1) is 51.3 Å². The quantitative estimate of drug-likeness (QED) is 0.0695. The molecule has 3 aliphatic heterocycles. The Kier molecular flexibility index (Phi) is 14.0. The molecule has 0 spiro atoms. The van der Waals surface area contributed by atoms with Crippen molar-refractivity contribution in [3.05, 3.63) is 71.6 Å². The van der Waals surface area contributed by atoms with Crippen molar-refractivity contribution in [3.8, 4) is 6.07 Å². The number of ether oxygens (including phenoxy) is 2. The van der Waals surface area contributed by atoms with Crippen molar-refractivity contribution in [2.75, 3.05) is 25.1 Å². The van der Waals surface area contributed by atoms with Crippen LogP contribution in [0.3, 0.4) is 0 Å². The molecule has 1 aromatic carbocycles. The topological polar surface area (TPSA) is 288 Å². The number of rotatable bonds is 11. The lowest BCUT2D eigenvalue weighted by Crippen LogP contribution is -2.49. The van der Waals surface area contributed by atoms with Crippen LogP contribution in [0.25, 0.3) is 22.3 Å². The third-order valence-corrected chi connectivity index (χ3v) is 25.9. The minimum atomic E-state index is -5.13. The molecule has 3 N–H and O–H groups in total. The molecular formula is C42H58N10O13P2Si2. The first-order chi connectivity index (χ1) is 32.3. The summed E-state index contributed by atoms with van der Waals surface area (Å²) in [5.41, 5.74) is -0.986. The van der Waals surface area contributed by atoms with Gasteiger partial charge in [0.15, 0.2) is 57.2 Å². The van der Waals surface area contributed by atoms with Crippen molar-refractivity contribution < 1.29 is 55.2 Å². The normalized spacial score (nSPS) is 29.3. The van der Waals surface area contributed by atoms with Crippen molar-refractivity contribution in [2.24, 2.45) is 0 Å². The second kappa shape index (κ2) is 19.0. The van der Waals surface area contributed by atoms with Crippen LogP contribution < -0.4 is 10.9 Å². The largest absolute Gasteiger partial charge is 0.472 e. The third-order valence-electron chi connectivity index (χ3n) is 13.5. The summed E-state index contributed by atoms with van der Waals surface area (Å²) in [6, 6.07) is 10.6. The number of imidazole rings is 2. The number of H-pyrrole nitrogens is 1. The van der Waals surface area contributed by atoms with E-state index in [0.717, 1.165) is 0 Å². The highest BCUT2D eigenvalue weighted by atomic mass is 31.2. The molecule has 3 fully saturated rings. The first-order valence-corrected chi connectivity index (χ1v) is 31.3. The maximum absolute atomic E-state index is 16.0. The smallest absolute Gasteiger partial charge is 0.408 e. The van der Waals surface area contributed by atoms with E-state index < -0.39 is 115 Å². The summed E-state index contributed by atoms with van der Waals surface area (Å²) in [5, 5.41) is 11.6. The van der Waals surface area contributed by atoms with Crippen molar-refractivity contribution in [3.63, 3.8) is 0 Å². The van der Waals surface area contributed by atoms with Gasteiger partial charge < -0.3 is 42.6 Å². The second-order valence-corrected chi connectivity index (χ2v) is 33.3. The zero-order chi connectivity index (χ0) is 49.9. The molecule has 5 aromatic rings. The van der Waals surface area contributed by atoms with E-state index in [1.807, 2.05) is 73.8 Å². The molecule has 1 amide bonds. The van der Waals surface area contributed by atoms with E-state index in [1.54, 1.807) is 34.9 Å². The highest BCUT2D eigenvalue weighted by molar-refractivity contribution is 7.54. The minimum Gasteiger partial charge on any atom is -0.408 e. The molecule has 3 saturated heterocycles. The number of nitrogens with one attached hydrogen (secondary N) is 2. The Labute approximate surface area is 400 Å². The average Bonchev–Trinajstić information content (AvgIpc) is 4.06. The fourth-order valence-corrected chi connectivity index (χ4v) is 13.8. The monoisotopic (exact) mass is 1030 g/mol. The molecule has 0 bridgehead atoms. The number of nitrogens with zero attached hydrogens (tertiary/aromatic N) is 8. The van der Waals surface area contributed by atoms with Crippen LogP contribution in [0.2, 0.25) is 36.3 Å². The third kappa shape index (κ3) is 10.1. The number of hydrogen-bond donors (Lipinski definition) is 3. The number of aromatic nitrogens is 8. The standard InChI is InChI=1S/C42H58N10O13P2Si2/c1-41(2,3)68(7,8)64-31-30-26(61-39(31)51-23-48-28-34(44-21-45-35(28)51)50-37(53)25-15-12-11-13-16-25)19-59-66(55,58-18-14-17-43)33-27(20-60-67(56,57)63-30)62-40(32(33)65-69(9,10)42(4,5)6)52-24-49-29-36(52)46-22-47-38(29)54/h11-13,15-16,21-24,26-27,30-33,39-40H,14,18-20H2,1-10H3,(H,56,57)(H,46,47,54)(H,44,45,50,53)/t26?,27?,30-,31-,32-,33-,39?,40?,66?/m1/s1. The van der Waals surface area contributed by atoms with Crippen molar-refractivity contribution in [1.82, 2.24) is 39.0 Å². The molecular weight excluding hydrogens is 971 g/mol. The van der Waals surface area contributed by atoms with E-state index in [0.29, 0.717) is 5.56 Å². The lowest BCUT2D eigenvalue weighted by atomic mass is 10.1. The Morgan fingerprint density at radius 2 is 1.46 bits per heavy atom. The summed E-state index contributed by atoms with van der Waals surface area (Å²) < 4.78 is 85.6. The van der Waals surface area contributed by atoms with Crippen molar-refractivity contribution in [2.45, 2.75) is 133 Å². The van der Waals surface area contributed by atoms with Gasteiger partial charge in [-0.1, -0.05) is 59.7 Å². The van der Waals surface area contributed by atoms with Gasteiger partial charge in [-0.05, 0) is 48.4 Å². The van der Waals surface area contributed by atoms with Crippen LogP contribution in [0.15, 0.2) is 60.4 Å². The van der Waals surface area contributed by atoms with Gasteiger partial charge in [-0.15, -0.1) is 0 Å². The molecule has 3 aliphatic rings. The summed E-state index contributed by atoms with van der Waals surface area (Å²) in [4.78, 5) is 62.4. The predicted molar refractivity (Wildman–Crippen MR) is 254 cm³/mol. The number of carbonyl (C=O) groups is 1. The average molecular weight is 1030 g/mol. The number of nitriles is 1. The highest BCUT2D eigenvalue weighted by Gasteiger charge is 2.62. The summed E-state index contributed by atoms with van der Waals surface area (Å²) in [6.07, 6.45) is -3.84. The lowest BCUT2D eigenvalue weighted by molar-refractivity contribution is -0.0518. The van der Waals surface area contributed by atoms with Crippen LogP contribution in [0.1, 0.15) is 70.8 Å². The Morgan fingerprint density at radius 3 is 2.12 bits per heavy atom. The van der Waals surface area contributed by atoms with E-state index in [2.05, 4.69) is 35.2 Å². The zero-order valence-corrected chi connectivity index (χ0v) is 43.8. The van der Waals surface area contributed by atoms with Crippen molar-refractivity contribution >= 4 is 66.1 Å². The van der Waals surface area contributed by atoms with E-state index in [9.17, 15) is 24.3 Å². The predicted octanol–water partition coefficient (Wildman–Crippen LogP) is 6.81. The van der Waals surface area contributed by atoms with Gasteiger partial charge in [-0.3, -0.25) is 32.3 Å². The first-order valence-electron chi connectivity index (χ1n) is 22.4. The van der Waals surface area contributed by atoms with E-state index >= 15 is 4.57 Å². The molecule has 69 heavy (non-hydrogen) atoms. The van der Waals surface area contributed by atoms with Gasteiger partial charge >= 0.3 is 15.4 Å². The van der Waals surface area contributed by atoms with Crippen LogP contribution >= 0.6 is 15.4 Å². The molecule has 372 valence electrons. The SMILES string of the molecule is CC(C)(C)[Si](C)(C)O[C@H]1C(n2cnc3c(NC(=O)c4ccccc4)ncnc32)OC2COP(=O)(OCCC#N)[C@@H]3C(COP(=O)(O)O[C@H]21)OC(n1cnc2c(=O)[nH]cnc21)[C@@H]3O[Si](C)(C)C(C)(C)C. The zero-order valence-electron chi connectivity index (χ0n) is 40.0. The number of benzene rings is 1. The number of phosphoric acid groups is 1. The van der Waals surface area contributed by atoms with Crippen molar-refractivity contribution in [1.29, 1.82) is 5.26 Å². The molecule has 4 aromatic heterocycles. The van der Waals surface area contributed by atoms with E-state index in [1.165, 1.54) is 29.9 Å². The second-order valence-electron chi connectivity index (χ2n) is 20.1. The van der Waals surface area contributed by atoms with Crippen LogP contribution in [0.5, 0.6) is 0 Å². The van der Waals surface area contributed by atoms with Gasteiger partial charge in [0.25, 0.3) is 11.5 Å². The summed E-state index contributed by atoms with van der Waals surface area (Å²) >= 11 is 0. The van der Waals surface area contributed by atoms with Gasteiger partial charge in [0.1, 0.15) is 42.5 Å². The number of anilines is 1. The molecule has 10 atom stereocenters. The molecule has 8 rings (SSSR count). The summed E-state index contributed by atoms with van der Waals surface area (Å²) in [7, 11) is -15.5. The van der Waals surface area contributed by atoms with Crippen LogP contribution in [-0.2, 0) is 45.6 Å². The number of hydrogen-bond acceptors (Lipinski definition) is 18. The van der Waals surface area contributed by atoms with Gasteiger partial charge in [-0.2, -0.15) is 5.26 Å². The summed E-state index contributed by atoms with van der Waals surface area (Å²) in [5.74, 6) is -0.324. The molecule has 0 radical (unpaired) electrons. The fourth-order valence-electron chi connectivity index (χ4n) is 7.85. The molecule has 0 aliphatic carbocycles. The molecule has 0 saturated carbocycles. The van der Waals surface area contributed by atoms with E-state index in [-0.39, 0.29) is 41.2 Å². The highest BCUT2D eigenvalue weighted by Crippen LogP contribution is 2.63.